The Balaban J connectivity index is 1.27. The van der Waals surface area contributed by atoms with Crippen molar-refractivity contribution in [2.45, 2.75) is 38.1 Å². The van der Waals surface area contributed by atoms with Gasteiger partial charge >= 0.3 is 5.97 Å². The Morgan fingerprint density at radius 1 is 0.911 bits per heavy atom. The number of amides is 2. The Morgan fingerprint density at radius 3 is 2.49 bits per heavy atom. The molecule has 6 rings (SSSR count). The van der Waals surface area contributed by atoms with Crippen molar-refractivity contribution in [1.82, 2.24) is 19.8 Å². The first-order valence-corrected chi connectivity index (χ1v) is 15.2. The van der Waals surface area contributed by atoms with Gasteiger partial charge in [-0.3, -0.25) is 14.4 Å². The smallest absolute Gasteiger partial charge is 0.308 e. The third-order valence-electron chi connectivity index (χ3n) is 8.04. The van der Waals surface area contributed by atoms with Crippen LogP contribution in [0.4, 0.5) is 0 Å². The standard InChI is InChI=1S/C36H36N4O5/c41-34(45-25-26-9-3-1-4-10-26)22-33(39-17-15-28(23-39)27-11-5-2-6-12-27)36(43)38-31-21-29-24-40(32-14-8-7-13-30(29)32)18-20-44-19-16-37-35(31)42/h1-15,17,23-24,31,33H,16,18-22,25H2,(H,37,42)(H,38,43)/t31-,33+/m0/s1. The van der Waals surface area contributed by atoms with Crippen molar-refractivity contribution < 1.29 is 23.9 Å². The second kappa shape index (κ2) is 14.1. The van der Waals surface area contributed by atoms with Crippen LogP contribution in [0, 0.1) is 0 Å². The molecular weight excluding hydrogens is 568 g/mol. The second-order valence-electron chi connectivity index (χ2n) is 11.1. The van der Waals surface area contributed by atoms with Gasteiger partial charge in [-0.1, -0.05) is 78.9 Å². The molecule has 2 amide bonds. The van der Waals surface area contributed by atoms with E-state index in [0.29, 0.717) is 26.3 Å². The van der Waals surface area contributed by atoms with Gasteiger partial charge in [-0.25, -0.2) is 0 Å². The van der Waals surface area contributed by atoms with Crippen molar-refractivity contribution in [3.63, 3.8) is 0 Å². The summed E-state index contributed by atoms with van der Waals surface area (Å²) < 4.78 is 15.1. The number of nitrogens with one attached hydrogen (secondary N) is 2. The predicted molar refractivity (Wildman–Crippen MR) is 171 cm³/mol. The van der Waals surface area contributed by atoms with Crippen LogP contribution in [0.1, 0.15) is 23.6 Å². The van der Waals surface area contributed by atoms with Gasteiger partial charge in [0.05, 0.1) is 19.6 Å². The van der Waals surface area contributed by atoms with Gasteiger partial charge in [0.15, 0.2) is 0 Å². The molecule has 5 aromatic rings. The monoisotopic (exact) mass is 604 g/mol. The van der Waals surface area contributed by atoms with E-state index >= 15 is 0 Å². The molecule has 2 bridgehead atoms. The number of benzene rings is 3. The third-order valence-corrected chi connectivity index (χ3v) is 8.04. The number of para-hydroxylation sites is 1. The minimum Gasteiger partial charge on any atom is -0.461 e. The fourth-order valence-corrected chi connectivity index (χ4v) is 5.70. The molecule has 0 radical (unpaired) electrons. The topological polar surface area (TPSA) is 104 Å². The van der Waals surface area contributed by atoms with Crippen LogP contribution in [0.3, 0.4) is 0 Å². The van der Waals surface area contributed by atoms with E-state index in [4.69, 9.17) is 9.47 Å². The highest BCUT2D eigenvalue weighted by Gasteiger charge is 2.30. The van der Waals surface area contributed by atoms with Gasteiger partial charge in [-0.05, 0) is 34.4 Å². The molecule has 3 aromatic carbocycles. The molecule has 230 valence electrons. The number of esters is 1. The van der Waals surface area contributed by atoms with Gasteiger partial charge in [0.1, 0.15) is 18.7 Å². The Hall–Kier alpha value is -5.15. The maximum absolute atomic E-state index is 14.1. The highest BCUT2D eigenvalue weighted by atomic mass is 16.5. The van der Waals surface area contributed by atoms with Crippen LogP contribution in [-0.2, 0) is 43.4 Å². The summed E-state index contributed by atoms with van der Waals surface area (Å²) in [7, 11) is 0. The number of rotatable bonds is 8. The molecule has 45 heavy (non-hydrogen) atoms. The third kappa shape index (κ3) is 7.33. The van der Waals surface area contributed by atoms with Gasteiger partial charge in [-0.2, -0.15) is 0 Å². The number of carbonyl (C=O) groups is 3. The fourth-order valence-electron chi connectivity index (χ4n) is 5.70. The van der Waals surface area contributed by atoms with Gasteiger partial charge < -0.3 is 29.2 Å². The van der Waals surface area contributed by atoms with Crippen LogP contribution >= 0.6 is 0 Å². The average Bonchev–Trinajstić information content (AvgIpc) is 3.70. The van der Waals surface area contributed by atoms with Crippen LogP contribution in [0.2, 0.25) is 0 Å². The number of hydrogen-bond acceptors (Lipinski definition) is 5. The van der Waals surface area contributed by atoms with Gasteiger partial charge in [0.25, 0.3) is 0 Å². The molecule has 1 aliphatic rings. The van der Waals surface area contributed by atoms with Crippen LogP contribution in [0.15, 0.2) is 110 Å². The summed E-state index contributed by atoms with van der Waals surface area (Å²) in [6.07, 6.45) is 5.74. The lowest BCUT2D eigenvalue weighted by Gasteiger charge is -2.23. The Morgan fingerprint density at radius 2 is 1.67 bits per heavy atom. The van der Waals surface area contributed by atoms with Crippen LogP contribution in [0.25, 0.3) is 22.0 Å². The summed E-state index contributed by atoms with van der Waals surface area (Å²) in [6.45, 7) is 1.99. The zero-order chi connectivity index (χ0) is 31.0. The van der Waals surface area contributed by atoms with Crippen LogP contribution < -0.4 is 10.6 Å². The lowest BCUT2D eigenvalue weighted by Crippen LogP contribution is -2.50. The first-order chi connectivity index (χ1) is 22.0. The number of fused-ring (bicyclic) bond motifs is 5. The van der Waals surface area contributed by atoms with E-state index in [9.17, 15) is 14.4 Å². The van der Waals surface area contributed by atoms with Gasteiger partial charge in [0.2, 0.25) is 11.8 Å². The number of ether oxygens (including phenoxy) is 2. The van der Waals surface area contributed by atoms with Crippen molar-refractivity contribution in [1.29, 1.82) is 0 Å². The van der Waals surface area contributed by atoms with E-state index in [1.54, 1.807) is 10.8 Å². The zero-order valence-corrected chi connectivity index (χ0v) is 24.9. The average molecular weight is 605 g/mol. The molecule has 2 N–H and O–H groups in total. The van der Waals surface area contributed by atoms with E-state index in [0.717, 1.165) is 33.2 Å². The molecule has 3 heterocycles. The van der Waals surface area contributed by atoms with Crippen molar-refractivity contribution >= 4 is 28.7 Å². The first-order valence-electron chi connectivity index (χ1n) is 15.2. The Kier molecular flexibility index (Phi) is 9.36. The Bertz CT molecular complexity index is 1760. The maximum Gasteiger partial charge on any atom is 0.308 e. The molecule has 0 saturated carbocycles. The summed E-state index contributed by atoms with van der Waals surface area (Å²) in [6, 6.07) is 27.3. The molecule has 1 aliphatic heterocycles. The summed E-state index contributed by atoms with van der Waals surface area (Å²) in [4.78, 5) is 40.6. The molecule has 2 atom stereocenters. The summed E-state index contributed by atoms with van der Waals surface area (Å²) >= 11 is 0. The number of carbonyl (C=O) groups excluding carboxylic acids is 3. The van der Waals surface area contributed by atoms with Crippen molar-refractivity contribution in [3.8, 4) is 11.1 Å². The van der Waals surface area contributed by atoms with Crippen molar-refractivity contribution in [2.24, 2.45) is 0 Å². The highest BCUT2D eigenvalue weighted by molar-refractivity contribution is 5.92. The highest BCUT2D eigenvalue weighted by Crippen LogP contribution is 2.25. The van der Waals surface area contributed by atoms with E-state index in [1.807, 2.05) is 103 Å². The van der Waals surface area contributed by atoms with Crippen molar-refractivity contribution in [2.75, 3.05) is 19.8 Å². The molecule has 9 heteroatoms. The molecule has 0 spiro atoms. The van der Waals surface area contributed by atoms with Crippen LogP contribution in [-0.4, -0.2) is 52.7 Å². The van der Waals surface area contributed by atoms with Crippen molar-refractivity contribution in [3.05, 3.63) is 121 Å². The lowest BCUT2D eigenvalue weighted by molar-refractivity contribution is -0.147. The summed E-state index contributed by atoms with van der Waals surface area (Å²) in [5.74, 6) is -1.28. The normalized spacial score (nSPS) is 16.2. The maximum atomic E-state index is 14.1. The van der Waals surface area contributed by atoms with E-state index < -0.39 is 24.0 Å². The minimum absolute atomic E-state index is 0.103. The largest absolute Gasteiger partial charge is 0.461 e. The van der Waals surface area contributed by atoms with Gasteiger partial charge in [-0.15, -0.1) is 0 Å². The number of nitrogens with zero attached hydrogens (tertiary/aromatic N) is 2. The second-order valence-corrected chi connectivity index (χ2v) is 11.1. The predicted octanol–water partition coefficient (Wildman–Crippen LogP) is 4.66. The Labute approximate surface area is 261 Å². The first kappa shape index (κ1) is 29.9. The zero-order valence-electron chi connectivity index (χ0n) is 24.9. The van der Waals surface area contributed by atoms with E-state index in [2.05, 4.69) is 15.2 Å². The van der Waals surface area contributed by atoms with E-state index in [1.165, 1.54) is 0 Å². The minimum atomic E-state index is -0.940. The summed E-state index contributed by atoms with van der Waals surface area (Å²) in [5, 5.41) is 6.90. The molecule has 2 aromatic heterocycles. The lowest BCUT2D eigenvalue weighted by atomic mass is 10.0. The van der Waals surface area contributed by atoms with Gasteiger partial charge in [0, 0.05) is 49.0 Å². The molecule has 0 aliphatic carbocycles. The van der Waals surface area contributed by atoms with E-state index in [-0.39, 0.29) is 25.4 Å². The molecular formula is C36H36N4O5. The summed E-state index contributed by atoms with van der Waals surface area (Å²) in [5.41, 5.74) is 4.73. The molecule has 0 unspecified atom stereocenters. The SMILES string of the molecule is O=C(C[C@H](C(=O)N[C@H]1Cc2cn(c3ccccc23)CCOCCNC1=O)n1ccc(-c2ccccc2)c1)OCc1ccccc1. The van der Waals surface area contributed by atoms with Crippen LogP contribution in [0.5, 0.6) is 0 Å². The number of aromatic nitrogens is 2. The molecule has 0 fully saturated rings. The molecule has 9 nitrogen and oxygen atoms in total. The fraction of sp³-hybridized carbons (Fsp3) is 0.250. The molecule has 0 saturated heterocycles. The quantitative estimate of drug-likeness (QED) is 0.251. The number of hydrogen-bond donors (Lipinski definition) is 2.